The highest BCUT2D eigenvalue weighted by Gasteiger charge is 1.94. The van der Waals surface area contributed by atoms with Crippen molar-refractivity contribution in [2.75, 3.05) is 33.7 Å². The van der Waals surface area contributed by atoms with Crippen LogP contribution >= 0.6 is 0 Å². The molecule has 66 valence electrons. The summed E-state index contributed by atoms with van der Waals surface area (Å²) in [6, 6.07) is 0. The smallest absolute Gasteiger partial charge is 0.0952 e. The normalized spacial score (nSPS) is 13.5. The first-order chi connectivity index (χ1) is 5.16. The Morgan fingerprint density at radius 3 is 2.64 bits per heavy atom. The molecule has 0 aromatic carbocycles. The van der Waals surface area contributed by atoms with Crippen molar-refractivity contribution >= 4 is 0 Å². The van der Waals surface area contributed by atoms with Crippen molar-refractivity contribution in [1.82, 2.24) is 4.90 Å². The van der Waals surface area contributed by atoms with Gasteiger partial charge in [0.15, 0.2) is 0 Å². The van der Waals surface area contributed by atoms with Crippen LogP contribution < -0.4 is 5.06 Å². The van der Waals surface area contributed by atoms with E-state index < -0.39 is 0 Å². The van der Waals surface area contributed by atoms with Gasteiger partial charge in [0.05, 0.1) is 13.1 Å². The number of hydrogen-bond donors (Lipinski definition) is 1. The molecule has 11 heavy (non-hydrogen) atoms. The van der Waals surface area contributed by atoms with Crippen molar-refractivity contribution in [3.8, 4) is 0 Å². The quantitative estimate of drug-likeness (QED) is 0.417. The fourth-order valence-electron chi connectivity index (χ4n) is 0.856. The van der Waals surface area contributed by atoms with E-state index in [0.29, 0.717) is 18.2 Å². The first kappa shape index (κ1) is 10.6. The predicted octanol–water partition coefficient (Wildman–Crippen LogP) is -0.493. The third-order valence-electron chi connectivity index (χ3n) is 1.43. The van der Waals surface area contributed by atoms with E-state index in [9.17, 15) is 5.21 Å². The molecule has 0 aliphatic rings. The lowest BCUT2D eigenvalue weighted by molar-refractivity contribution is -0.841. The second kappa shape index (κ2) is 6.34. The highest BCUT2D eigenvalue weighted by molar-refractivity contribution is 4.62. The molecule has 0 aromatic heterocycles. The topological polar surface area (TPSA) is 30.7 Å². The summed E-state index contributed by atoms with van der Waals surface area (Å²) in [6.45, 7) is 5.71. The third-order valence-corrected chi connectivity index (χ3v) is 1.43. The molecule has 0 fully saturated rings. The van der Waals surface area contributed by atoms with Crippen LogP contribution in [-0.2, 0) is 0 Å². The zero-order valence-electron chi connectivity index (χ0n) is 7.47. The maximum atomic E-state index is 10.9. The summed E-state index contributed by atoms with van der Waals surface area (Å²) in [5.41, 5.74) is 0. The van der Waals surface area contributed by atoms with Gasteiger partial charge in [-0.15, -0.1) is 0 Å². The molecule has 0 heterocycles. The van der Waals surface area contributed by atoms with Gasteiger partial charge in [-0.2, -0.15) is 0 Å². The molecule has 0 bridgehead atoms. The summed E-state index contributed by atoms with van der Waals surface area (Å²) in [7, 11) is 4.02. The Morgan fingerprint density at radius 2 is 2.18 bits per heavy atom. The molecule has 0 spiro atoms. The Bertz CT molecular complexity index is 104. The Balaban J connectivity index is 3.16. The van der Waals surface area contributed by atoms with E-state index in [1.54, 1.807) is 6.08 Å². The number of nitrogens with zero attached hydrogens (tertiary/aromatic N) is 1. The van der Waals surface area contributed by atoms with E-state index in [-0.39, 0.29) is 0 Å². The number of hydrogen-bond acceptors (Lipinski definition) is 2. The van der Waals surface area contributed by atoms with Gasteiger partial charge in [-0.1, -0.05) is 6.58 Å². The molecular formula is C8H18N2O. The molecule has 0 amide bonds. The summed E-state index contributed by atoms with van der Waals surface area (Å²) < 4.78 is 0. The van der Waals surface area contributed by atoms with Crippen molar-refractivity contribution in [3.63, 3.8) is 0 Å². The van der Waals surface area contributed by atoms with Gasteiger partial charge in [0.2, 0.25) is 0 Å². The van der Waals surface area contributed by atoms with E-state index in [1.165, 1.54) is 0 Å². The van der Waals surface area contributed by atoms with Gasteiger partial charge in [-0.25, -0.2) is 0 Å². The van der Waals surface area contributed by atoms with Crippen molar-refractivity contribution in [2.24, 2.45) is 0 Å². The number of hydroxylamine groups is 2. The van der Waals surface area contributed by atoms with Crippen molar-refractivity contribution in [3.05, 3.63) is 17.9 Å². The Kier molecular flexibility index (Phi) is 6.12. The highest BCUT2D eigenvalue weighted by atomic mass is 16.5. The lowest BCUT2D eigenvalue weighted by Crippen LogP contribution is -3.07. The zero-order valence-corrected chi connectivity index (χ0v) is 7.47. The summed E-state index contributed by atoms with van der Waals surface area (Å²) >= 11 is 0. The van der Waals surface area contributed by atoms with Crippen LogP contribution in [0.5, 0.6) is 0 Å². The first-order valence-electron chi connectivity index (χ1n) is 3.94. The predicted molar refractivity (Wildman–Crippen MR) is 47.4 cm³/mol. The van der Waals surface area contributed by atoms with E-state index >= 15 is 0 Å². The van der Waals surface area contributed by atoms with Gasteiger partial charge < -0.3 is 15.2 Å². The molecule has 3 heteroatoms. The highest BCUT2D eigenvalue weighted by Crippen LogP contribution is 1.77. The molecule has 3 nitrogen and oxygen atoms in total. The molecule has 0 aliphatic carbocycles. The van der Waals surface area contributed by atoms with Crippen LogP contribution in [0.15, 0.2) is 12.7 Å². The van der Waals surface area contributed by atoms with E-state index in [0.717, 1.165) is 13.0 Å². The Hall–Kier alpha value is -0.380. The number of nitrogens with one attached hydrogen (secondary N) is 1. The van der Waals surface area contributed by atoms with Gasteiger partial charge >= 0.3 is 0 Å². The van der Waals surface area contributed by atoms with Crippen LogP contribution in [0, 0.1) is 5.21 Å². The maximum absolute atomic E-state index is 10.9. The van der Waals surface area contributed by atoms with Gasteiger partial charge in [0, 0.05) is 13.0 Å². The first-order valence-corrected chi connectivity index (χ1v) is 3.94. The van der Waals surface area contributed by atoms with Crippen LogP contribution in [0.25, 0.3) is 0 Å². The van der Waals surface area contributed by atoms with E-state index in [4.69, 9.17) is 0 Å². The number of rotatable bonds is 6. The van der Waals surface area contributed by atoms with Crippen molar-refractivity contribution < 1.29 is 5.06 Å². The molecule has 0 aliphatic heterocycles. The fraction of sp³-hybridized carbons (Fsp3) is 0.750. The minimum absolute atomic E-state index is 0.293. The van der Waals surface area contributed by atoms with Gasteiger partial charge in [0.1, 0.15) is 0 Å². The molecule has 1 atom stereocenters. The van der Waals surface area contributed by atoms with E-state index in [1.807, 2.05) is 14.1 Å². The summed E-state index contributed by atoms with van der Waals surface area (Å²) in [6.07, 6.45) is 2.62. The van der Waals surface area contributed by atoms with Crippen molar-refractivity contribution in [1.29, 1.82) is 0 Å². The average Bonchev–Trinajstić information content (AvgIpc) is 1.87. The number of quaternary nitrogens is 1. The maximum Gasteiger partial charge on any atom is 0.0952 e. The monoisotopic (exact) mass is 158 g/mol. The lowest BCUT2D eigenvalue weighted by atomic mass is 10.4. The SMILES string of the molecule is C=CC[NH+]([O-])CCCN(C)C. The standard InChI is InChI=1S/C8H18N2O/c1-4-6-10(11)8-5-7-9(2)3/h4,10H,1,5-8H2,2-3H3. The Labute approximate surface area is 68.9 Å². The molecule has 0 saturated heterocycles. The van der Waals surface area contributed by atoms with Gasteiger partial charge in [0.25, 0.3) is 0 Å². The largest absolute Gasteiger partial charge is 0.634 e. The molecule has 0 saturated carbocycles. The molecular weight excluding hydrogens is 140 g/mol. The fourth-order valence-corrected chi connectivity index (χ4v) is 0.856. The summed E-state index contributed by atoms with van der Waals surface area (Å²) in [4.78, 5) is 2.08. The molecule has 0 aromatic rings. The van der Waals surface area contributed by atoms with Crippen LogP contribution in [0.1, 0.15) is 6.42 Å². The van der Waals surface area contributed by atoms with Gasteiger partial charge in [-0.05, 0) is 20.2 Å². The molecule has 0 rings (SSSR count). The molecule has 1 unspecified atom stereocenters. The van der Waals surface area contributed by atoms with Crippen LogP contribution in [0.2, 0.25) is 0 Å². The molecule has 0 radical (unpaired) electrons. The van der Waals surface area contributed by atoms with Crippen LogP contribution in [-0.4, -0.2) is 38.6 Å². The van der Waals surface area contributed by atoms with Crippen LogP contribution in [0.4, 0.5) is 0 Å². The zero-order chi connectivity index (χ0) is 8.69. The second-order valence-corrected chi connectivity index (χ2v) is 2.94. The summed E-state index contributed by atoms with van der Waals surface area (Å²) in [5, 5.41) is 11.2. The van der Waals surface area contributed by atoms with Gasteiger partial charge in [-0.3, -0.25) is 0 Å². The van der Waals surface area contributed by atoms with Crippen molar-refractivity contribution in [2.45, 2.75) is 6.42 Å². The van der Waals surface area contributed by atoms with Crippen LogP contribution in [0.3, 0.4) is 0 Å². The minimum atomic E-state index is 0.293. The molecule has 1 N–H and O–H groups in total. The average molecular weight is 158 g/mol. The lowest BCUT2D eigenvalue weighted by Gasteiger charge is -2.21. The van der Waals surface area contributed by atoms with E-state index in [2.05, 4.69) is 11.5 Å². The minimum Gasteiger partial charge on any atom is -0.634 e. The second-order valence-electron chi connectivity index (χ2n) is 2.94. The third kappa shape index (κ3) is 7.52. The Morgan fingerprint density at radius 1 is 1.55 bits per heavy atom. The summed E-state index contributed by atoms with van der Waals surface area (Å²) in [5.74, 6) is 0.